The Morgan fingerprint density at radius 2 is 0.893 bits per heavy atom. The van der Waals surface area contributed by atoms with Crippen LogP contribution >= 0.6 is 0 Å². The maximum Gasteiger partial charge on any atom is 0.300 e. The summed E-state index contributed by atoms with van der Waals surface area (Å²) in [4.78, 5) is 13.0. The normalized spacial score (nSPS) is 10.2. The van der Waals surface area contributed by atoms with Crippen LogP contribution in [0.25, 0.3) is 0 Å². The second-order valence-corrected chi connectivity index (χ2v) is 7.62. The highest BCUT2D eigenvalue weighted by Gasteiger charge is 1.95. The second kappa shape index (κ2) is 25.7. The fourth-order valence-corrected chi connectivity index (χ4v) is 3.12. The van der Waals surface area contributed by atoms with Gasteiger partial charge in [-0.1, -0.05) is 96.3 Å². The third-order valence-electron chi connectivity index (χ3n) is 4.66. The van der Waals surface area contributed by atoms with Crippen LogP contribution in [-0.2, 0) is 4.79 Å². The summed E-state index contributed by atoms with van der Waals surface area (Å²) in [6.45, 7) is 2.73. The molecule has 0 aliphatic rings. The van der Waals surface area contributed by atoms with Crippen LogP contribution in [0.15, 0.2) is 4.99 Å². The van der Waals surface area contributed by atoms with E-state index in [1.54, 1.807) is 0 Å². The molecule has 0 aliphatic carbocycles. The molecule has 0 atom stereocenters. The predicted molar refractivity (Wildman–Crippen MR) is 122 cm³/mol. The van der Waals surface area contributed by atoms with E-state index in [1.165, 1.54) is 103 Å². The number of nitrogens with zero attached hydrogens (tertiary/aromatic N) is 1. The smallest absolute Gasteiger partial charge is 0.300 e. The lowest BCUT2D eigenvalue weighted by Gasteiger charge is -2.03. The molecule has 0 bridgehead atoms. The van der Waals surface area contributed by atoms with E-state index in [4.69, 9.17) is 27.1 Å². The Morgan fingerprint density at radius 1 is 0.643 bits per heavy atom. The van der Waals surface area contributed by atoms with Crippen molar-refractivity contribution in [3.8, 4) is 0 Å². The number of carboxylic acids is 1. The van der Waals surface area contributed by atoms with Crippen molar-refractivity contribution in [1.82, 2.24) is 0 Å². The number of hydrogen-bond donors (Lipinski definition) is 4. The number of unbranched alkanes of at least 4 members (excludes halogenated alkanes) is 16. The zero-order chi connectivity index (χ0) is 21.3. The molecule has 0 fully saturated rings. The Hall–Kier alpha value is -1.30. The molecule has 168 valence electrons. The van der Waals surface area contributed by atoms with Gasteiger partial charge in [0.15, 0.2) is 5.96 Å². The van der Waals surface area contributed by atoms with Gasteiger partial charge in [0.1, 0.15) is 0 Å². The number of carbonyl (C=O) groups is 1. The molecule has 0 rings (SSSR count). The highest BCUT2D eigenvalue weighted by atomic mass is 16.4. The summed E-state index contributed by atoms with van der Waals surface area (Å²) in [5.74, 6) is -0.613. The minimum Gasteiger partial charge on any atom is -0.481 e. The molecule has 28 heavy (non-hydrogen) atoms. The first kappa shape index (κ1) is 28.9. The van der Waals surface area contributed by atoms with Crippen LogP contribution in [-0.4, -0.2) is 30.1 Å². The number of aliphatic imine (C=N–C) groups is 1. The standard InChI is InChI=1S/C20H44N4.C2H4O2/c21-18-16-14-12-10-8-6-4-2-1-3-5-7-9-11-13-15-17-19-24-20(22)23;1-2(3)4/h1-19,21H2,(H4,22,23,24);1H3,(H,3,4). The SMILES string of the molecule is CC(=O)O.NCCCCCCCCCCCCCCCCCCCN=C(N)N. The van der Waals surface area contributed by atoms with Crippen LogP contribution in [0.2, 0.25) is 0 Å². The Kier molecular flexibility index (Phi) is 26.5. The van der Waals surface area contributed by atoms with E-state index in [0.717, 1.165) is 26.4 Å². The van der Waals surface area contributed by atoms with Gasteiger partial charge in [0, 0.05) is 13.5 Å². The van der Waals surface area contributed by atoms with Gasteiger partial charge < -0.3 is 22.3 Å². The first-order valence-corrected chi connectivity index (χ1v) is 11.5. The zero-order valence-corrected chi connectivity index (χ0v) is 18.5. The Morgan fingerprint density at radius 3 is 1.14 bits per heavy atom. The van der Waals surface area contributed by atoms with Gasteiger partial charge in [0.25, 0.3) is 5.97 Å². The number of nitrogens with two attached hydrogens (primary N) is 3. The van der Waals surface area contributed by atoms with Crippen LogP contribution in [0.4, 0.5) is 0 Å². The number of guanidine groups is 1. The molecule has 6 nitrogen and oxygen atoms in total. The van der Waals surface area contributed by atoms with Crippen LogP contribution in [0, 0.1) is 0 Å². The number of rotatable bonds is 19. The highest BCUT2D eigenvalue weighted by Crippen LogP contribution is 2.13. The average Bonchev–Trinajstić information content (AvgIpc) is 2.63. The van der Waals surface area contributed by atoms with Gasteiger partial charge in [0.05, 0.1) is 0 Å². The third-order valence-corrected chi connectivity index (χ3v) is 4.66. The van der Waals surface area contributed by atoms with Crippen molar-refractivity contribution in [1.29, 1.82) is 0 Å². The first-order valence-electron chi connectivity index (χ1n) is 11.5. The summed E-state index contributed by atoms with van der Waals surface area (Å²) in [6.07, 6.45) is 23.2. The topological polar surface area (TPSA) is 128 Å². The van der Waals surface area contributed by atoms with Gasteiger partial charge in [-0.3, -0.25) is 9.79 Å². The fraction of sp³-hybridized carbons (Fsp3) is 0.909. The average molecular weight is 401 g/mol. The second-order valence-electron chi connectivity index (χ2n) is 7.62. The van der Waals surface area contributed by atoms with E-state index in [9.17, 15) is 0 Å². The summed E-state index contributed by atoms with van der Waals surface area (Å²) in [7, 11) is 0. The number of carboxylic acid groups (broad SMARTS) is 1. The Labute approximate surface area is 173 Å². The molecular formula is C22H48N4O2. The zero-order valence-electron chi connectivity index (χ0n) is 18.5. The Bertz CT molecular complexity index is 341. The lowest BCUT2D eigenvalue weighted by Crippen LogP contribution is -2.22. The summed E-state index contributed by atoms with van der Waals surface area (Å²) >= 11 is 0. The van der Waals surface area contributed by atoms with Crippen LogP contribution in [0.5, 0.6) is 0 Å². The molecule has 6 heteroatoms. The molecule has 0 saturated heterocycles. The third kappa shape index (κ3) is 35.7. The summed E-state index contributed by atoms with van der Waals surface area (Å²) < 4.78 is 0. The molecule has 0 aromatic carbocycles. The molecule has 7 N–H and O–H groups in total. The molecule has 0 unspecified atom stereocenters. The molecule has 0 heterocycles. The van der Waals surface area contributed by atoms with Gasteiger partial charge in [-0.05, 0) is 19.4 Å². The Balaban J connectivity index is 0. The van der Waals surface area contributed by atoms with Crippen molar-refractivity contribution < 1.29 is 9.90 Å². The van der Waals surface area contributed by atoms with Crippen LogP contribution in [0.1, 0.15) is 116 Å². The molecule has 0 aromatic rings. The predicted octanol–water partition coefficient (Wildman–Crippen LogP) is 4.94. The molecule has 0 aliphatic heterocycles. The van der Waals surface area contributed by atoms with Crippen LogP contribution in [0.3, 0.4) is 0 Å². The van der Waals surface area contributed by atoms with Crippen molar-refractivity contribution in [2.75, 3.05) is 13.1 Å². The van der Waals surface area contributed by atoms with Gasteiger partial charge in [-0.25, -0.2) is 0 Å². The van der Waals surface area contributed by atoms with Crippen LogP contribution < -0.4 is 17.2 Å². The van der Waals surface area contributed by atoms with E-state index >= 15 is 0 Å². The van der Waals surface area contributed by atoms with Gasteiger partial charge >= 0.3 is 0 Å². The largest absolute Gasteiger partial charge is 0.481 e. The monoisotopic (exact) mass is 400 g/mol. The number of hydrogen-bond acceptors (Lipinski definition) is 3. The maximum absolute atomic E-state index is 9.00. The lowest BCUT2D eigenvalue weighted by molar-refractivity contribution is -0.134. The van der Waals surface area contributed by atoms with E-state index in [-0.39, 0.29) is 5.96 Å². The highest BCUT2D eigenvalue weighted by molar-refractivity contribution is 5.75. The molecule has 0 aromatic heterocycles. The summed E-state index contributed by atoms with van der Waals surface area (Å²) in [6, 6.07) is 0. The first-order chi connectivity index (χ1) is 13.5. The van der Waals surface area contributed by atoms with Crippen molar-refractivity contribution in [3.63, 3.8) is 0 Å². The van der Waals surface area contributed by atoms with E-state index in [0.29, 0.717) is 0 Å². The molecule has 0 saturated carbocycles. The molecule has 0 amide bonds. The van der Waals surface area contributed by atoms with Gasteiger partial charge in [0.2, 0.25) is 0 Å². The maximum atomic E-state index is 9.00. The van der Waals surface area contributed by atoms with Crippen molar-refractivity contribution in [2.24, 2.45) is 22.2 Å². The van der Waals surface area contributed by atoms with Crippen molar-refractivity contribution in [2.45, 2.75) is 116 Å². The minimum atomic E-state index is -0.833. The van der Waals surface area contributed by atoms with Gasteiger partial charge in [-0.15, -0.1) is 0 Å². The quantitative estimate of drug-likeness (QED) is 0.139. The molecule has 0 spiro atoms. The molecule has 0 radical (unpaired) electrons. The van der Waals surface area contributed by atoms with E-state index < -0.39 is 5.97 Å². The van der Waals surface area contributed by atoms with E-state index in [2.05, 4.69) is 4.99 Å². The van der Waals surface area contributed by atoms with Crippen molar-refractivity contribution >= 4 is 11.9 Å². The van der Waals surface area contributed by atoms with E-state index in [1.807, 2.05) is 0 Å². The minimum absolute atomic E-state index is 0.220. The number of aliphatic carboxylic acids is 1. The lowest BCUT2D eigenvalue weighted by atomic mass is 10.0. The van der Waals surface area contributed by atoms with Crippen molar-refractivity contribution in [3.05, 3.63) is 0 Å². The summed E-state index contributed by atoms with van der Waals surface area (Å²) in [5.41, 5.74) is 16.1. The summed E-state index contributed by atoms with van der Waals surface area (Å²) in [5, 5.41) is 7.42. The van der Waals surface area contributed by atoms with Gasteiger partial charge in [-0.2, -0.15) is 0 Å². The molecular weight excluding hydrogens is 352 g/mol. The fourth-order valence-electron chi connectivity index (χ4n) is 3.12.